The fourth-order valence-electron chi connectivity index (χ4n) is 2.94. The molecule has 0 saturated carbocycles. The first kappa shape index (κ1) is 15.7. The van der Waals surface area contributed by atoms with Crippen molar-refractivity contribution in [3.8, 4) is 0 Å². The van der Waals surface area contributed by atoms with E-state index in [1.165, 1.54) is 0 Å². The van der Waals surface area contributed by atoms with Gasteiger partial charge in [-0.3, -0.25) is 10.2 Å². The predicted molar refractivity (Wildman–Crippen MR) is 88.2 cm³/mol. The van der Waals surface area contributed by atoms with Crippen LogP contribution in [0.2, 0.25) is 0 Å². The summed E-state index contributed by atoms with van der Waals surface area (Å²) in [6, 6.07) is 10.1. The van der Waals surface area contributed by atoms with E-state index in [-0.39, 0.29) is 17.9 Å². The maximum atomic E-state index is 12.5. The quantitative estimate of drug-likeness (QED) is 0.747. The molecule has 6 nitrogen and oxygen atoms in total. The molecule has 2 heterocycles. The topological polar surface area (TPSA) is 71.0 Å². The van der Waals surface area contributed by atoms with Crippen LogP contribution in [0.1, 0.15) is 18.5 Å². The molecule has 0 aliphatic carbocycles. The zero-order valence-electron chi connectivity index (χ0n) is 13.3. The van der Waals surface area contributed by atoms with Gasteiger partial charge in [-0.15, -0.1) is 0 Å². The van der Waals surface area contributed by atoms with Crippen LogP contribution >= 0.6 is 0 Å². The number of imidazole rings is 1. The van der Waals surface area contributed by atoms with Crippen molar-refractivity contribution < 1.29 is 4.79 Å². The van der Waals surface area contributed by atoms with Crippen molar-refractivity contribution in [2.24, 2.45) is 11.8 Å². The number of aromatic nitrogens is 2. The van der Waals surface area contributed by atoms with Crippen molar-refractivity contribution in [2.45, 2.75) is 19.5 Å². The highest BCUT2D eigenvalue weighted by molar-refractivity contribution is 5.80. The predicted octanol–water partition coefficient (Wildman–Crippen LogP) is 1.10. The van der Waals surface area contributed by atoms with E-state index < -0.39 is 0 Å². The number of hydrogen-bond acceptors (Lipinski definition) is 4. The van der Waals surface area contributed by atoms with Crippen molar-refractivity contribution >= 4 is 5.91 Å². The van der Waals surface area contributed by atoms with Gasteiger partial charge >= 0.3 is 0 Å². The van der Waals surface area contributed by atoms with E-state index in [2.05, 4.69) is 28.1 Å². The number of benzene rings is 1. The summed E-state index contributed by atoms with van der Waals surface area (Å²) in [6.45, 7) is 4.28. The van der Waals surface area contributed by atoms with E-state index in [4.69, 9.17) is 0 Å². The Labute approximate surface area is 136 Å². The molecule has 23 heavy (non-hydrogen) atoms. The van der Waals surface area contributed by atoms with Crippen LogP contribution in [0.15, 0.2) is 49.1 Å². The van der Waals surface area contributed by atoms with E-state index in [9.17, 15) is 4.79 Å². The Morgan fingerprint density at radius 3 is 3.00 bits per heavy atom. The fraction of sp³-hybridized carbons (Fsp3) is 0.412. The third-order valence-electron chi connectivity index (χ3n) is 4.18. The Balaban J connectivity index is 1.53. The van der Waals surface area contributed by atoms with Crippen LogP contribution in [-0.4, -0.2) is 28.5 Å². The minimum absolute atomic E-state index is 0.0140. The third kappa shape index (κ3) is 3.97. The lowest BCUT2D eigenvalue weighted by Crippen LogP contribution is -2.37. The average molecular weight is 313 g/mol. The minimum Gasteiger partial charge on any atom is -0.355 e. The summed E-state index contributed by atoms with van der Waals surface area (Å²) in [5.41, 5.74) is 7.44. The second-order valence-electron chi connectivity index (χ2n) is 6.13. The van der Waals surface area contributed by atoms with E-state index in [1.54, 1.807) is 12.5 Å². The molecule has 1 aliphatic rings. The van der Waals surface area contributed by atoms with Gasteiger partial charge in [0.25, 0.3) is 0 Å². The summed E-state index contributed by atoms with van der Waals surface area (Å²) >= 11 is 0. The van der Waals surface area contributed by atoms with Gasteiger partial charge in [-0.1, -0.05) is 37.3 Å². The molecule has 0 radical (unpaired) electrons. The zero-order chi connectivity index (χ0) is 16.1. The number of hydrogen-bond donors (Lipinski definition) is 3. The second kappa shape index (κ2) is 7.39. The summed E-state index contributed by atoms with van der Waals surface area (Å²) in [7, 11) is 0. The van der Waals surface area contributed by atoms with Crippen LogP contribution in [0.4, 0.5) is 0 Å². The molecule has 3 N–H and O–H groups in total. The molecule has 0 spiro atoms. The Hall–Kier alpha value is -2.18. The van der Waals surface area contributed by atoms with Crippen LogP contribution in [0.3, 0.4) is 0 Å². The number of hydrazine groups is 1. The normalized spacial score (nSPS) is 22.0. The Morgan fingerprint density at radius 2 is 2.26 bits per heavy atom. The zero-order valence-corrected chi connectivity index (χ0v) is 13.3. The molecule has 122 valence electrons. The van der Waals surface area contributed by atoms with Crippen LogP contribution in [0.25, 0.3) is 0 Å². The van der Waals surface area contributed by atoms with Gasteiger partial charge in [0, 0.05) is 32.0 Å². The van der Waals surface area contributed by atoms with E-state index in [1.807, 2.05) is 41.1 Å². The molecule has 3 atom stereocenters. The lowest BCUT2D eigenvalue weighted by molar-refractivity contribution is -0.125. The van der Waals surface area contributed by atoms with Crippen molar-refractivity contribution in [1.82, 2.24) is 25.7 Å². The second-order valence-corrected chi connectivity index (χ2v) is 6.13. The molecule has 2 aromatic rings. The molecule has 1 amide bonds. The van der Waals surface area contributed by atoms with Gasteiger partial charge in [0.05, 0.1) is 18.3 Å². The lowest BCUT2D eigenvalue weighted by Gasteiger charge is -2.20. The minimum atomic E-state index is -0.0992. The average Bonchev–Trinajstić information content (AvgIpc) is 3.25. The standard InChI is InChI=1S/C17H23N5O/c1-13(11-22-8-7-18-12-22)9-19-17(23)15-10-20-21-16(15)14-5-3-2-4-6-14/h2-8,12-13,15-16,20-21H,9-11H2,1H3,(H,19,23). The molecule has 1 aliphatic heterocycles. The van der Waals surface area contributed by atoms with Gasteiger partial charge in [-0.05, 0) is 11.5 Å². The van der Waals surface area contributed by atoms with Crippen molar-refractivity contribution in [3.05, 3.63) is 54.6 Å². The number of carbonyl (C=O) groups excluding carboxylic acids is 1. The molecule has 1 fully saturated rings. The van der Waals surface area contributed by atoms with Gasteiger partial charge < -0.3 is 9.88 Å². The van der Waals surface area contributed by atoms with Crippen molar-refractivity contribution in [2.75, 3.05) is 13.1 Å². The van der Waals surface area contributed by atoms with Crippen LogP contribution in [0.5, 0.6) is 0 Å². The monoisotopic (exact) mass is 313 g/mol. The molecule has 3 rings (SSSR count). The van der Waals surface area contributed by atoms with E-state index >= 15 is 0 Å². The Kier molecular flexibility index (Phi) is 5.05. The molecule has 6 heteroatoms. The largest absolute Gasteiger partial charge is 0.355 e. The van der Waals surface area contributed by atoms with Crippen molar-refractivity contribution in [1.29, 1.82) is 0 Å². The molecule has 1 aromatic heterocycles. The fourth-order valence-corrected chi connectivity index (χ4v) is 2.94. The first-order valence-electron chi connectivity index (χ1n) is 8.01. The van der Waals surface area contributed by atoms with Crippen LogP contribution < -0.4 is 16.2 Å². The summed E-state index contributed by atoms with van der Waals surface area (Å²) in [5.74, 6) is 0.345. The highest BCUT2D eigenvalue weighted by Gasteiger charge is 2.33. The van der Waals surface area contributed by atoms with Gasteiger partial charge in [0.1, 0.15) is 0 Å². The van der Waals surface area contributed by atoms with Gasteiger partial charge in [-0.25, -0.2) is 10.4 Å². The van der Waals surface area contributed by atoms with Crippen LogP contribution in [0, 0.1) is 11.8 Å². The smallest absolute Gasteiger partial charge is 0.226 e. The molecule has 1 saturated heterocycles. The maximum absolute atomic E-state index is 12.5. The van der Waals surface area contributed by atoms with Crippen LogP contribution in [-0.2, 0) is 11.3 Å². The Bertz CT molecular complexity index is 613. The highest BCUT2D eigenvalue weighted by Crippen LogP contribution is 2.24. The number of rotatable bonds is 6. The number of amides is 1. The number of nitrogens with zero attached hydrogens (tertiary/aromatic N) is 2. The number of carbonyl (C=O) groups is 1. The lowest BCUT2D eigenvalue weighted by atomic mass is 9.94. The maximum Gasteiger partial charge on any atom is 0.226 e. The summed E-state index contributed by atoms with van der Waals surface area (Å²) < 4.78 is 2.03. The van der Waals surface area contributed by atoms with E-state index in [0.29, 0.717) is 19.0 Å². The summed E-state index contributed by atoms with van der Waals surface area (Å²) in [6.07, 6.45) is 5.51. The SMILES string of the molecule is CC(CNC(=O)C1CNNC1c1ccccc1)Cn1ccnc1. The molecule has 0 bridgehead atoms. The first-order chi connectivity index (χ1) is 11.2. The van der Waals surface area contributed by atoms with Gasteiger partial charge in [-0.2, -0.15) is 0 Å². The highest BCUT2D eigenvalue weighted by atomic mass is 16.2. The van der Waals surface area contributed by atoms with Gasteiger partial charge in [0.15, 0.2) is 0 Å². The summed E-state index contributed by atoms with van der Waals surface area (Å²) in [4.78, 5) is 16.6. The molecule has 3 unspecified atom stereocenters. The van der Waals surface area contributed by atoms with Gasteiger partial charge in [0.2, 0.25) is 5.91 Å². The number of nitrogens with one attached hydrogen (secondary N) is 3. The molecular weight excluding hydrogens is 290 g/mol. The molecular formula is C17H23N5O. The Morgan fingerprint density at radius 1 is 1.43 bits per heavy atom. The summed E-state index contributed by atoms with van der Waals surface area (Å²) in [5, 5.41) is 3.08. The van der Waals surface area contributed by atoms with Crippen molar-refractivity contribution in [3.63, 3.8) is 0 Å². The van der Waals surface area contributed by atoms with E-state index in [0.717, 1.165) is 12.1 Å². The first-order valence-corrected chi connectivity index (χ1v) is 8.01. The molecule has 1 aromatic carbocycles. The third-order valence-corrected chi connectivity index (χ3v) is 4.18.